The molecular weight excluding hydrogens is 408 g/mol. The topological polar surface area (TPSA) is 108 Å². The summed E-state index contributed by atoms with van der Waals surface area (Å²) in [5.41, 5.74) is 3.43. The maximum absolute atomic E-state index is 12.8. The predicted molar refractivity (Wildman–Crippen MR) is 122 cm³/mol. The number of carbonyl (C=O) groups is 1. The fraction of sp³-hybridized carbons (Fsp3) is 0.435. The summed E-state index contributed by atoms with van der Waals surface area (Å²) < 4.78 is 3.05. The minimum absolute atomic E-state index is 0.000240. The van der Waals surface area contributed by atoms with Crippen molar-refractivity contribution in [2.45, 2.75) is 66.1 Å². The van der Waals surface area contributed by atoms with E-state index in [0.29, 0.717) is 17.3 Å². The highest BCUT2D eigenvalue weighted by molar-refractivity contribution is 5.92. The molecule has 2 aromatic heterocycles. The van der Waals surface area contributed by atoms with Gasteiger partial charge in [0, 0.05) is 6.20 Å². The van der Waals surface area contributed by atoms with Crippen LogP contribution in [-0.4, -0.2) is 30.4 Å². The molecule has 9 nitrogen and oxygen atoms in total. The molecule has 0 aliphatic carbocycles. The highest BCUT2D eigenvalue weighted by atomic mass is 16.6. The van der Waals surface area contributed by atoms with Gasteiger partial charge in [0.15, 0.2) is 0 Å². The molecule has 3 aromatic rings. The maximum Gasteiger partial charge on any atom is 0.312 e. The number of nitrogens with one attached hydrogen (secondary N) is 1. The Bertz CT molecular complexity index is 1100. The van der Waals surface area contributed by atoms with E-state index >= 15 is 0 Å². The second kappa shape index (κ2) is 9.76. The van der Waals surface area contributed by atoms with Crippen LogP contribution in [0, 0.1) is 24.0 Å². The zero-order valence-electron chi connectivity index (χ0n) is 19.2. The minimum atomic E-state index is -0.434. The second-order valence-corrected chi connectivity index (χ2v) is 8.07. The molecule has 9 heteroatoms. The lowest BCUT2D eigenvalue weighted by Crippen LogP contribution is -2.28. The lowest BCUT2D eigenvalue weighted by molar-refractivity contribution is -0.386. The van der Waals surface area contributed by atoms with E-state index in [9.17, 15) is 14.9 Å². The molecule has 2 unspecified atom stereocenters. The lowest BCUT2D eigenvalue weighted by Gasteiger charge is -2.18. The smallest absolute Gasteiger partial charge is 0.312 e. The third kappa shape index (κ3) is 4.87. The summed E-state index contributed by atoms with van der Waals surface area (Å²) in [6.45, 7) is 9.83. The van der Waals surface area contributed by atoms with Crippen molar-refractivity contribution in [1.82, 2.24) is 24.9 Å². The van der Waals surface area contributed by atoms with Crippen LogP contribution in [0.15, 0.2) is 36.5 Å². The standard InChI is InChI=1S/C23H30N6O3/c1-6-15(3)18-8-10-19(11-9-18)20(7-2)24-23(30)21-12-13-27(26-21)14-28-17(5)22(29(31)32)16(4)25-28/h8-13,15,20H,6-7,14H2,1-5H3,(H,24,30). The molecule has 0 saturated carbocycles. The van der Waals surface area contributed by atoms with E-state index in [1.165, 1.54) is 10.2 Å². The first-order valence-corrected chi connectivity index (χ1v) is 10.9. The fourth-order valence-corrected chi connectivity index (χ4v) is 3.73. The molecule has 1 N–H and O–H groups in total. The molecule has 2 atom stereocenters. The van der Waals surface area contributed by atoms with Gasteiger partial charge >= 0.3 is 5.69 Å². The number of rotatable bonds is 9. The molecule has 1 amide bonds. The summed E-state index contributed by atoms with van der Waals surface area (Å²) in [7, 11) is 0. The van der Waals surface area contributed by atoms with Crippen molar-refractivity contribution in [1.29, 1.82) is 0 Å². The Labute approximate surface area is 187 Å². The van der Waals surface area contributed by atoms with E-state index in [1.807, 2.05) is 6.92 Å². The van der Waals surface area contributed by atoms with Crippen molar-refractivity contribution in [3.05, 3.63) is 74.9 Å². The zero-order chi connectivity index (χ0) is 23.4. The number of amides is 1. The third-order valence-electron chi connectivity index (χ3n) is 5.91. The number of nitrogens with zero attached hydrogens (tertiary/aromatic N) is 5. The summed E-state index contributed by atoms with van der Waals surface area (Å²) >= 11 is 0. The van der Waals surface area contributed by atoms with E-state index in [1.54, 1.807) is 30.8 Å². The van der Waals surface area contributed by atoms with Crippen LogP contribution >= 0.6 is 0 Å². The molecule has 3 rings (SSSR count). The number of hydrogen-bond acceptors (Lipinski definition) is 5. The molecule has 0 radical (unpaired) electrons. The molecule has 0 bridgehead atoms. The van der Waals surface area contributed by atoms with Gasteiger partial charge in [-0.05, 0) is 49.8 Å². The Hall–Kier alpha value is -3.49. The molecule has 1 aromatic carbocycles. The fourth-order valence-electron chi connectivity index (χ4n) is 3.73. The Morgan fingerprint density at radius 2 is 1.75 bits per heavy atom. The summed E-state index contributed by atoms with van der Waals surface area (Å²) in [5.74, 6) is 0.243. The first-order chi connectivity index (χ1) is 15.2. The number of hydrogen-bond donors (Lipinski definition) is 1. The van der Waals surface area contributed by atoms with Gasteiger partial charge < -0.3 is 5.32 Å². The molecule has 0 fully saturated rings. The Morgan fingerprint density at radius 3 is 2.31 bits per heavy atom. The quantitative estimate of drug-likeness (QED) is 0.391. The van der Waals surface area contributed by atoms with Crippen molar-refractivity contribution in [2.24, 2.45) is 0 Å². The number of carbonyl (C=O) groups excluding carboxylic acids is 1. The van der Waals surface area contributed by atoms with E-state index in [0.717, 1.165) is 18.4 Å². The molecular formula is C23H30N6O3. The first-order valence-electron chi connectivity index (χ1n) is 10.9. The zero-order valence-corrected chi connectivity index (χ0v) is 19.2. The molecule has 170 valence electrons. The summed E-state index contributed by atoms with van der Waals surface area (Å²) in [6, 6.07) is 9.92. The molecule has 0 aliphatic rings. The van der Waals surface area contributed by atoms with Gasteiger partial charge in [-0.3, -0.25) is 19.6 Å². The Balaban J connectivity index is 1.70. The largest absolute Gasteiger partial charge is 0.344 e. The molecule has 0 spiro atoms. The normalized spacial score (nSPS) is 13.0. The molecule has 32 heavy (non-hydrogen) atoms. The highest BCUT2D eigenvalue weighted by Crippen LogP contribution is 2.23. The second-order valence-electron chi connectivity index (χ2n) is 8.07. The average Bonchev–Trinajstić information content (AvgIpc) is 3.35. The summed E-state index contributed by atoms with van der Waals surface area (Å²) in [6.07, 6.45) is 3.50. The van der Waals surface area contributed by atoms with Crippen LogP contribution in [0.4, 0.5) is 5.69 Å². The van der Waals surface area contributed by atoms with Crippen LogP contribution in [0.5, 0.6) is 0 Å². The Kier molecular flexibility index (Phi) is 7.07. The monoisotopic (exact) mass is 438 g/mol. The summed E-state index contributed by atoms with van der Waals surface area (Å²) in [4.78, 5) is 23.6. The number of aryl methyl sites for hydroxylation is 1. The van der Waals surface area contributed by atoms with E-state index < -0.39 is 4.92 Å². The van der Waals surface area contributed by atoms with Crippen LogP contribution in [0.25, 0.3) is 0 Å². The van der Waals surface area contributed by atoms with Gasteiger partial charge in [0.25, 0.3) is 5.91 Å². The van der Waals surface area contributed by atoms with Gasteiger partial charge in [0.2, 0.25) is 0 Å². The lowest BCUT2D eigenvalue weighted by atomic mass is 9.95. The maximum atomic E-state index is 12.8. The van der Waals surface area contributed by atoms with Gasteiger partial charge in [-0.15, -0.1) is 0 Å². The molecule has 2 heterocycles. The minimum Gasteiger partial charge on any atom is -0.344 e. The number of nitro groups is 1. The van der Waals surface area contributed by atoms with Gasteiger partial charge in [-0.1, -0.05) is 45.0 Å². The van der Waals surface area contributed by atoms with Crippen molar-refractivity contribution in [2.75, 3.05) is 0 Å². The van der Waals surface area contributed by atoms with Crippen LogP contribution < -0.4 is 5.32 Å². The van der Waals surface area contributed by atoms with E-state index in [4.69, 9.17) is 0 Å². The Morgan fingerprint density at radius 1 is 1.09 bits per heavy atom. The van der Waals surface area contributed by atoms with Crippen LogP contribution in [0.1, 0.15) is 78.6 Å². The number of benzene rings is 1. The number of aromatic nitrogens is 4. The van der Waals surface area contributed by atoms with Crippen molar-refractivity contribution < 1.29 is 9.72 Å². The van der Waals surface area contributed by atoms with E-state index in [-0.39, 0.29) is 30.0 Å². The van der Waals surface area contributed by atoms with Gasteiger partial charge in [-0.25, -0.2) is 4.68 Å². The predicted octanol–water partition coefficient (Wildman–Crippen LogP) is 4.51. The van der Waals surface area contributed by atoms with Crippen molar-refractivity contribution >= 4 is 11.6 Å². The van der Waals surface area contributed by atoms with Gasteiger partial charge in [0.1, 0.15) is 23.8 Å². The van der Waals surface area contributed by atoms with Gasteiger partial charge in [-0.2, -0.15) is 10.2 Å². The van der Waals surface area contributed by atoms with Crippen LogP contribution in [0.2, 0.25) is 0 Å². The average molecular weight is 439 g/mol. The summed E-state index contributed by atoms with van der Waals surface area (Å²) in [5, 5.41) is 22.8. The van der Waals surface area contributed by atoms with Gasteiger partial charge in [0.05, 0.1) is 11.0 Å². The molecule has 0 aliphatic heterocycles. The third-order valence-corrected chi connectivity index (χ3v) is 5.91. The first kappa shape index (κ1) is 23.2. The van der Waals surface area contributed by atoms with E-state index in [2.05, 4.69) is 53.6 Å². The molecule has 0 saturated heterocycles. The highest BCUT2D eigenvalue weighted by Gasteiger charge is 2.22. The van der Waals surface area contributed by atoms with Crippen molar-refractivity contribution in [3.8, 4) is 0 Å². The van der Waals surface area contributed by atoms with Crippen molar-refractivity contribution in [3.63, 3.8) is 0 Å². The SMILES string of the molecule is CCC(C)c1ccc(C(CC)NC(=O)c2ccn(Cn3nc(C)c([N+](=O)[O-])c3C)n2)cc1. The van der Waals surface area contributed by atoms with Crippen LogP contribution in [0.3, 0.4) is 0 Å². The van der Waals surface area contributed by atoms with Crippen LogP contribution in [-0.2, 0) is 6.67 Å².